The molecule has 0 aromatic rings. The largest absolute Gasteiger partial charge is 0.0622 e. The van der Waals surface area contributed by atoms with E-state index in [0.29, 0.717) is 10.8 Å². The molecule has 28 atom stereocenters. The smallest absolute Gasteiger partial charge is 0.0140 e. The van der Waals surface area contributed by atoms with E-state index in [9.17, 15) is 0 Å². The Bertz CT molecular complexity index is 1230. The van der Waals surface area contributed by atoms with Crippen molar-refractivity contribution in [2.24, 2.45) is 165 Å². The summed E-state index contributed by atoms with van der Waals surface area (Å²) >= 11 is 0. The van der Waals surface area contributed by atoms with Crippen LogP contribution in [0.4, 0.5) is 0 Å². The first kappa shape index (κ1) is 41.6. The molecule has 0 bridgehead atoms. The third kappa shape index (κ3) is 5.41. The van der Waals surface area contributed by atoms with Crippen molar-refractivity contribution in [1.29, 1.82) is 0 Å². The summed E-state index contributed by atoms with van der Waals surface area (Å²) in [4.78, 5) is 0. The van der Waals surface area contributed by atoms with Crippen molar-refractivity contribution in [2.45, 2.75) is 164 Å². The van der Waals surface area contributed by atoms with Gasteiger partial charge in [0.2, 0.25) is 0 Å². The van der Waals surface area contributed by atoms with E-state index < -0.39 is 0 Å². The molecule has 28 unspecified atom stereocenters. The molecule has 0 N–H and O–H groups in total. The third-order valence-corrected chi connectivity index (χ3v) is 24.0. The molecule has 6 saturated carbocycles. The summed E-state index contributed by atoms with van der Waals surface area (Å²) in [5.74, 6) is 21.6. The number of hydrogen-bond donors (Lipinski definition) is 0. The first-order chi connectivity index (χ1) is 24.1. The Balaban J connectivity index is 1.54. The van der Waals surface area contributed by atoms with Crippen molar-refractivity contribution in [2.75, 3.05) is 0 Å². The fourth-order valence-electron chi connectivity index (χ4n) is 17.9. The van der Waals surface area contributed by atoms with E-state index in [2.05, 4.69) is 138 Å². The Kier molecular flexibility index (Phi) is 11.6. The molecule has 6 rings (SSSR count). The van der Waals surface area contributed by atoms with Gasteiger partial charge in [-0.25, -0.2) is 0 Å². The highest BCUT2D eigenvalue weighted by molar-refractivity contribution is 5.38. The highest BCUT2D eigenvalue weighted by Gasteiger charge is 2.91. The second kappa shape index (κ2) is 14.4. The lowest BCUT2D eigenvalue weighted by Gasteiger charge is -2.95. The van der Waals surface area contributed by atoms with Crippen LogP contribution in [0, 0.1) is 165 Å². The highest BCUT2D eigenvalue weighted by Crippen LogP contribution is 2.96. The van der Waals surface area contributed by atoms with Crippen molar-refractivity contribution >= 4 is 0 Å². The molecule has 52 heavy (non-hydrogen) atoms. The molecule has 0 aromatic heterocycles. The number of hydrogen-bond acceptors (Lipinski definition) is 0. The minimum absolute atomic E-state index is 0.583. The third-order valence-electron chi connectivity index (χ3n) is 24.0. The molecule has 302 valence electrons. The van der Waals surface area contributed by atoms with E-state index in [1.807, 2.05) is 0 Å². The summed E-state index contributed by atoms with van der Waals surface area (Å²) < 4.78 is 0. The minimum Gasteiger partial charge on any atom is -0.0622 e. The summed E-state index contributed by atoms with van der Waals surface area (Å²) in [5, 5.41) is 0. The lowest BCUT2D eigenvalue weighted by molar-refractivity contribution is -0.481. The molecule has 2 spiro atoms. The summed E-state index contributed by atoms with van der Waals surface area (Å²) in [6.45, 7) is 54.1. The Morgan fingerprint density at radius 3 is 0.827 bits per heavy atom. The van der Waals surface area contributed by atoms with Crippen molar-refractivity contribution in [3.63, 3.8) is 0 Å². The fourth-order valence-corrected chi connectivity index (χ4v) is 17.9. The highest BCUT2D eigenvalue weighted by atomic mass is 15.0. The molecule has 6 fully saturated rings. The van der Waals surface area contributed by atoms with Crippen LogP contribution in [-0.2, 0) is 0 Å². The van der Waals surface area contributed by atoms with E-state index >= 15 is 0 Å². The molecule has 0 saturated heterocycles. The fraction of sp³-hybridized carbons (Fsp3) is 1.00. The van der Waals surface area contributed by atoms with Gasteiger partial charge in [0.05, 0.1) is 0 Å². The second-order valence-electron chi connectivity index (χ2n) is 23.8. The van der Waals surface area contributed by atoms with E-state index in [4.69, 9.17) is 0 Å². The van der Waals surface area contributed by atoms with Gasteiger partial charge in [-0.15, -0.1) is 0 Å². The minimum atomic E-state index is 0.583. The van der Waals surface area contributed by atoms with Crippen LogP contribution in [-0.4, -0.2) is 0 Å². The lowest BCUT2D eigenvalue weighted by Crippen LogP contribution is -2.91. The van der Waals surface area contributed by atoms with E-state index in [-0.39, 0.29) is 0 Å². The Morgan fingerprint density at radius 2 is 0.481 bits per heavy atom. The molecule has 0 aromatic carbocycles. The zero-order valence-corrected chi connectivity index (χ0v) is 38.8. The Hall–Kier alpha value is 0. The monoisotopic (exact) mass is 719 g/mol. The van der Waals surface area contributed by atoms with Crippen molar-refractivity contribution in [3.8, 4) is 0 Å². The standard InChI is InChI=1S/C52H94/c1-25-21-45-23-49-48-24-46-22-47-42(18)39(15)36(12)34(10)32(8)30(6)31(7)33(9)35(11)38(14)41(17)44(20)50(52(45,49)51(46,47)48)43(19)40(16)37(13)29(5)28(4)27(3)26(25)2/h25-50H,21-24H2,1-20H3. The average Bonchev–Trinajstić information content (AvgIpc) is 3.12. The van der Waals surface area contributed by atoms with Crippen LogP contribution in [0.25, 0.3) is 0 Å². The lowest BCUT2D eigenvalue weighted by atomic mass is 9.09. The van der Waals surface area contributed by atoms with Gasteiger partial charge in [0, 0.05) is 0 Å². The molecular weight excluding hydrogens is 625 g/mol. The van der Waals surface area contributed by atoms with Gasteiger partial charge in [-0.2, -0.15) is 0 Å². The quantitative estimate of drug-likeness (QED) is 0.234. The molecule has 0 nitrogen and oxygen atoms in total. The zero-order valence-electron chi connectivity index (χ0n) is 38.8. The van der Waals surface area contributed by atoms with Crippen LogP contribution >= 0.6 is 0 Å². The summed E-state index contributed by atoms with van der Waals surface area (Å²) in [6.07, 6.45) is 6.24. The molecule has 0 heterocycles. The van der Waals surface area contributed by atoms with Gasteiger partial charge in [0.25, 0.3) is 0 Å². The number of rotatable bonds is 0. The molecule has 0 heteroatoms. The van der Waals surface area contributed by atoms with Crippen LogP contribution in [0.15, 0.2) is 0 Å². The molecule has 0 aliphatic heterocycles. The Labute approximate surface area is 327 Å². The maximum absolute atomic E-state index is 2.85. The molecule has 6 aliphatic rings. The number of fused-ring (bicyclic) bond motifs is 1. The molecular formula is C52H94. The van der Waals surface area contributed by atoms with Crippen molar-refractivity contribution < 1.29 is 0 Å². The van der Waals surface area contributed by atoms with Crippen LogP contribution in [0.3, 0.4) is 0 Å². The predicted molar refractivity (Wildman–Crippen MR) is 228 cm³/mol. The molecule has 6 aliphatic carbocycles. The average molecular weight is 719 g/mol. The summed E-state index contributed by atoms with van der Waals surface area (Å²) in [6, 6.07) is 0. The Morgan fingerprint density at radius 1 is 0.231 bits per heavy atom. The predicted octanol–water partition coefficient (Wildman–Crippen LogP) is 15.0. The first-order valence-corrected chi connectivity index (χ1v) is 24.1. The van der Waals surface area contributed by atoms with Gasteiger partial charge in [0.1, 0.15) is 0 Å². The van der Waals surface area contributed by atoms with E-state index in [1.165, 1.54) is 6.42 Å². The summed E-state index contributed by atoms with van der Waals surface area (Å²) in [5.41, 5.74) is 1.23. The zero-order chi connectivity index (χ0) is 38.8. The topological polar surface area (TPSA) is 0 Å². The maximum Gasteiger partial charge on any atom is -0.0140 e. The first-order valence-electron chi connectivity index (χ1n) is 24.1. The van der Waals surface area contributed by atoms with E-state index in [1.54, 1.807) is 19.3 Å². The molecule has 0 radical (unpaired) electrons. The van der Waals surface area contributed by atoms with Crippen LogP contribution in [0.1, 0.15) is 164 Å². The second-order valence-corrected chi connectivity index (χ2v) is 23.8. The normalized spacial score (nSPS) is 64.4. The van der Waals surface area contributed by atoms with Gasteiger partial charge in [-0.3, -0.25) is 0 Å². The van der Waals surface area contributed by atoms with Gasteiger partial charge >= 0.3 is 0 Å². The van der Waals surface area contributed by atoms with Crippen molar-refractivity contribution in [1.82, 2.24) is 0 Å². The van der Waals surface area contributed by atoms with Gasteiger partial charge in [-0.05, 0) is 190 Å². The van der Waals surface area contributed by atoms with Crippen LogP contribution in [0.2, 0.25) is 0 Å². The van der Waals surface area contributed by atoms with Gasteiger partial charge < -0.3 is 0 Å². The molecule has 0 amide bonds. The SMILES string of the molecule is CC1CC2CC3C4CC5CC6C(C)C(C)C(C)C(C)C(C)C(C)C(C)C(C)C(C)C(C)C(C)C(C)C(C(C)C(C)C(C)C(C)C(C)C(C)C1C)C23C564. The van der Waals surface area contributed by atoms with Crippen molar-refractivity contribution in [3.05, 3.63) is 0 Å². The van der Waals surface area contributed by atoms with Crippen LogP contribution in [0.5, 0.6) is 0 Å². The van der Waals surface area contributed by atoms with E-state index in [0.717, 1.165) is 154 Å². The van der Waals surface area contributed by atoms with Gasteiger partial charge in [-0.1, -0.05) is 138 Å². The van der Waals surface area contributed by atoms with Crippen LogP contribution < -0.4 is 0 Å². The summed E-state index contributed by atoms with van der Waals surface area (Å²) in [7, 11) is 0. The maximum atomic E-state index is 2.85. The van der Waals surface area contributed by atoms with Gasteiger partial charge in [0.15, 0.2) is 0 Å².